The second kappa shape index (κ2) is 8.82. The summed E-state index contributed by atoms with van der Waals surface area (Å²) < 4.78 is 35.9. The molecule has 30 heavy (non-hydrogen) atoms. The molecule has 0 saturated carbocycles. The van der Waals surface area contributed by atoms with Gasteiger partial charge in [0.05, 0.1) is 25.4 Å². The van der Waals surface area contributed by atoms with Crippen molar-refractivity contribution in [2.75, 3.05) is 37.9 Å². The molecule has 1 fully saturated rings. The predicted octanol–water partition coefficient (Wildman–Crippen LogP) is 2.03. The zero-order valence-electron chi connectivity index (χ0n) is 18.1. The van der Waals surface area contributed by atoms with E-state index in [4.69, 9.17) is 9.02 Å². The van der Waals surface area contributed by atoms with Crippen molar-refractivity contribution in [3.05, 3.63) is 29.3 Å². The van der Waals surface area contributed by atoms with E-state index in [1.165, 1.54) is 12.2 Å². The molecule has 0 radical (unpaired) electrons. The van der Waals surface area contributed by atoms with Crippen LogP contribution in [0.1, 0.15) is 50.2 Å². The number of hydroxylamine groups is 2. The SMILES string of the molecule is COC(=O)C1CCN(OS(=O)(=O)CC2CC(C)(C)N(C)c3cc(CO)ccc32)CC1. The van der Waals surface area contributed by atoms with Gasteiger partial charge in [-0.15, -0.1) is 0 Å². The minimum Gasteiger partial charge on any atom is -0.469 e. The van der Waals surface area contributed by atoms with Crippen LogP contribution in [0.2, 0.25) is 0 Å². The number of anilines is 1. The van der Waals surface area contributed by atoms with E-state index < -0.39 is 10.1 Å². The lowest BCUT2D eigenvalue weighted by Crippen LogP contribution is -2.47. The molecule has 0 bridgehead atoms. The number of methoxy groups -OCH3 is 1. The predicted molar refractivity (Wildman–Crippen MR) is 113 cm³/mol. The highest BCUT2D eigenvalue weighted by molar-refractivity contribution is 7.86. The summed E-state index contributed by atoms with van der Waals surface area (Å²) in [5, 5.41) is 10.9. The van der Waals surface area contributed by atoms with Crippen LogP contribution in [0.4, 0.5) is 5.69 Å². The molecule has 1 atom stereocenters. The molecule has 2 aliphatic rings. The zero-order chi connectivity index (χ0) is 22.1. The Morgan fingerprint density at radius 3 is 2.53 bits per heavy atom. The highest BCUT2D eigenvalue weighted by Crippen LogP contribution is 2.43. The van der Waals surface area contributed by atoms with Gasteiger partial charge in [-0.3, -0.25) is 4.79 Å². The second-order valence-corrected chi connectivity index (χ2v) is 10.4. The molecule has 1 saturated heterocycles. The van der Waals surface area contributed by atoms with E-state index in [-0.39, 0.29) is 35.7 Å². The van der Waals surface area contributed by atoms with Gasteiger partial charge in [0.2, 0.25) is 0 Å². The van der Waals surface area contributed by atoms with E-state index in [0.29, 0.717) is 32.4 Å². The molecule has 1 unspecified atom stereocenters. The highest BCUT2D eigenvalue weighted by Gasteiger charge is 2.39. The lowest BCUT2D eigenvalue weighted by molar-refractivity contribution is -0.150. The van der Waals surface area contributed by atoms with Gasteiger partial charge in [-0.05, 0) is 50.3 Å². The van der Waals surface area contributed by atoms with Crippen LogP contribution in [0.3, 0.4) is 0 Å². The van der Waals surface area contributed by atoms with E-state index in [1.54, 1.807) is 0 Å². The van der Waals surface area contributed by atoms with Gasteiger partial charge in [0.15, 0.2) is 0 Å². The molecular formula is C21H32N2O6S. The number of carbonyl (C=O) groups is 1. The lowest BCUT2D eigenvalue weighted by atomic mass is 9.80. The van der Waals surface area contributed by atoms with Crippen LogP contribution in [0, 0.1) is 5.92 Å². The summed E-state index contributed by atoms with van der Waals surface area (Å²) in [6, 6.07) is 5.67. The van der Waals surface area contributed by atoms with Crippen molar-refractivity contribution in [3.63, 3.8) is 0 Å². The summed E-state index contributed by atoms with van der Waals surface area (Å²) in [6.45, 7) is 4.84. The van der Waals surface area contributed by atoms with Gasteiger partial charge in [0.25, 0.3) is 10.1 Å². The molecule has 1 aromatic rings. The van der Waals surface area contributed by atoms with Crippen LogP contribution in [-0.2, 0) is 30.5 Å². The van der Waals surface area contributed by atoms with E-state index in [2.05, 4.69) is 18.7 Å². The first-order chi connectivity index (χ1) is 14.1. The van der Waals surface area contributed by atoms with E-state index in [1.807, 2.05) is 25.2 Å². The number of rotatable bonds is 6. The monoisotopic (exact) mass is 440 g/mol. The minimum atomic E-state index is -3.81. The number of hydrogen-bond donors (Lipinski definition) is 1. The van der Waals surface area contributed by atoms with Crippen LogP contribution in [-0.4, -0.2) is 63.1 Å². The van der Waals surface area contributed by atoms with Crippen LogP contribution >= 0.6 is 0 Å². The van der Waals surface area contributed by atoms with Crippen LogP contribution < -0.4 is 4.90 Å². The van der Waals surface area contributed by atoms with Crippen molar-refractivity contribution in [2.45, 2.75) is 51.2 Å². The number of fused-ring (bicyclic) bond motifs is 1. The normalized spacial score (nSPS) is 22.6. The summed E-state index contributed by atoms with van der Waals surface area (Å²) in [5.41, 5.74) is 2.45. The molecule has 0 amide bonds. The minimum absolute atomic E-state index is 0.0604. The van der Waals surface area contributed by atoms with Crippen molar-refractivity contribution in [1.82, 2.24) is 5.06 Å². The molecule has 168 valence electrons. The molecule has 1 aromatic carbocycles. The number of nitrogens with zero attached hydrogens (tertiary/aromatic N) is 2. The first-order valence-electron chi connectivity index (χ1n) is 10.3. The zero-order valence-corrected chi connectivity index (χ0v) is 18.9. The Bertz CT molecular complexity index is 877. The van der Waals surface area contributed by atoms with E-state index in [9.17, 15) is 18.3 Å². The lowest BCUT2D eigenvalue weighted by Gasteiger charge is -2.46. The fourth-order valence-electron chi connectivity index (χ4n) is 4.42. The Kier molecular flexibility index (Phi) is 6.76. The van der Waals surface area contributed by atoms with Gasteiger partial charge in [-0.2, -0.15) is 17.8 Å². The van der Waals surface area contributed by atoms with Crippen LogP contribution in [0.5, 0.6) is 0 Å². The summed E-state index contributed by atoms with van der Waals surface area (Å²) >= 11 is 0. The van der Waals surface area contributed by atoms with Gasteiger partial charge < -0.3 is 14.7 Å². The molecule has 0 spiro atoms. The molecule has 2 heterocycles. The van der Waals surface area contributed by atoms with Crippen LogP contribution in [0.15, 0.2) is 18.2 Å². The van der Waals surface area contributed by atoms with Gasteiger partial charge in [0.1, 0.15) is 0 Å². The first-order valence-corrected chi connectivity index (χ1v) is 11.9. The number of piperidine rings is 1. The largest absolute Gasteiger partial charge is 0.469 e. The number of ether oxygens (including phenoxy) is 1. The van der Waals surface area contributed by atoms with Gasteiger partial charge >= 0.3 is 5.97 Å². The Morgan fingerprint density at radius 1 is 1.27 bits per heavy atom. The topological polar surface area (TPSA) is 96.4 Å². The van der Waals surface area contributed by atoms with Crippen molar-refractivity contribution >= 4 is 21.8 Å². The molecule has 8 nitrogen and oxygen atoms in total. The molecule has 0 aromatic heterocycles. The first kappa shape index (κ1) is 23.0. The van der Waals surface area contributed by atoms with Crippen molar-refractivity contribution in [3.8, 4) is 0 Å². The average molecular weight is 441 g/mol. The number of hydrogen-bond acceptors (Lipinski definition) is 8. The molecule has 3 rings (SSSR count). The smallest absolute Gasteiger partial charge is 0.308 e. The third-order valence-corrected chi connectivity index (χ3v) is 7.59. The molecule has 9 heteroatoms. The molecule has 0 aliphatic carbocycles. The van der Waals surface area contributed by atoms with Crippen LogP contribution in [0.25, 0.3) is 0 Å². The quantitative estimate of drug-likeness (QED) is 0.672. The Morgan fingerprint density at radius 2 is 1.93 bits per heavy atom. The Hall–Kier alpha value is -1.68. The highest BCUT2D eigenvalue weighted by atomic mass is 32.2. The fourth-order valence-corrected chi connectivity index (χ4v) is 5.74. The van der Waals surface area contributed by atoms with Gasteiger partial charge in [-0.1, -0.05) is 12.1 Å². The summed E-state index contributed by atoms with van der Waals surface area (Å²) in [7, 11) is -0.454. The summed E-state index contributed by atoms with van der Waals surface area (Å²) in [4.78, 5) is 13.8. The number of aliphatic hydroxyl groups is 1. The number of esters is 1. The molecule has 2 aliphatic heterocycles. The third-order valence-electron chi connectivity index (χ3n) is 6.35. The summed E-state index contributed by atoms with van der Waals surface area (Å²) in [5.74, 6) is -0.798. The number of carbonyl (C=O) groups excluding carboxylic acids is 1. The third kappa shape index (κ3) is 4.96. The van der Waals surface area contributed by atoms with Gasteiger partial charge in [-0.25, -0.2) is 0 Å². The molecule has 1 N–H and O–H groups in total. The van der Waals surface area contributed by atoms with Gasteiger partial charge in [0, 0.05) is 37.3 Å². The number of aliphatic hydroxyl groups excluding tert-OH is 1. The maximum Gasteiger partial charge on any atom is 0.308 e. The number of benzene rings is 1. The average Bonchev–Trinajstić information content (AvgIpc) is 2.70. The second-order valence-electron chi connectivity index (χ2n) is 8.85. The standard InChI is InChI=1S/C21H32N2O6S/c1-21(2)12-17(18-6-5-15(13-24)11-19(18)22(21)3)14-30(26,27)29-23-9-7-16(8-10-23)20(25)28-4/h5-6,11,16-17,24H,7-10,12-14H2,1-4H3. The van der Waals surface area contributed by atoms with Crippen molar-refractivity contribution in [1.29, 1.82) is 0 Å². The van der Waals surface area contributed by atoms with E-state index >= 15 is 0 Å². The van der Waals surface area contributed by atoms with Crippen molar-refractivity contribution in [2.24, 2.45) is 5.92 Å². The summed E-state index contributed by atoms with van der Waals surface area (Å²) in [6.07, 6.45) is 1.69. The van der Waals surface area contributed by atoms with Crippen molar-refractivity contribution < 1.29 is 27.3 Å². The van der Waals surface area contributed by atoms with E-state index in [0.717, 1.165) is 16.8 Å². The Labute approximate surface area is 178 Å². The molecular weight excluding hydrogens is 408 g/mol. The maximum atomic E-state index is 12.9. The fraction of sp³-hybridized carbons (Fsp3) is 0.667. The maximum absolute atomic E-state index is 12.9. The Balaban J connectivity index is 1.72.